The lowest BCUT2D eigenvalue weighted by atomic mass is 9.78. The lowest BCUT2D eigenvalue weighted by Crippen LogP contribution is -2.33. The van der Waals surface area contributed by atoms with Crippen LogP contribution in [0.15, 0.2) is 46.2 Å². The highest BCUT2D eigenvalue weighted by molar-refractivity contribution is 7.16. The summed E-state index contributed by atoms with van der Waals surface area (Å²) < 4.78 is 5.98. The molecule has 2 aromatic rings. The molecule has 6 heteroatoms. The summed E-state index contributed by atoms with van der Waals surface area (Å²) in [5.74, 6) is -0.360. The molecule has 2 aliphatic carbocycles. The summed E-state index contributed by atoms with van der Waals surface area (Å²) in [6.45, 7) is 3.53. The summed E-state index contributed by atoms with van der Waals surface area (Å²) in [6, 6.07) is 3.94. The summed E-state index contributed by atoms with van der Waals surface area (Å²) in [7, 11) is 0. The van der Waals surface area contributed by atoms with Crippen LogP contribution in [-0.4, -0.2) is 22.8 Å². The third-order valence-corrected chi connectivity index (χ3v) is 7.37. The van der Waals surface area contributed by atoms with Gasteiger partial charge in [0.05, 0.1) is 5.57 Å². The number of pyridine rings is 1. The number of dihydropyridines is 1. The zero-order chi connectivity index (χ0) is 20.8. The molecule has 0 saturated heterocycles. The Morgan fingerprint density at radius 1 is 1.17 bits per heavy atom. The van der Waals surface area contributed by atoms with Crippen molar-refractivity contribution in [3.8, 4) is 0 Å². The Labute approximate surface area is 180 Å². The summed E-state index contributed by atoms with van der Waals surface area (Å²) >= 11 is 1.55. The molecule has 5 nitrogen and oxygen atoms in total. The molecule has 2 aromatic heterocycles. The van der Waals surface area contributed by atoms with Gasteiger partial charge in [-0.1, -0.05) is 6.07 Å². The molecule has 3 aliphatic rings. The summed E-state index contributed by atoms with van der Waals surface area (Å²) in [5.41, 5.74) is 4.06. The number of carbonyl (C=O) groups is 2. The van der Waals surface area contributed by atoms with Crippen LogP contribution in [0, 0.1) is 5.92 Å². The average Bonchev–Trinajstić information content (AvgIpc) is 3.28. The van der Waals surface area contributed by atoms with E-state index in [2.05, 4.69) is 15.7 Å². The predicted molar refractivity (Wildman–Crippen MR) is 117 cm³/mol. The van der Waals surface area contributed by atoms with Gasteiger partial charge in [-0.2, -0.15) is 0 Å². The minimum absolute atomic E-state index is 0.0141. The number of nitrogens with zero attached hydrogens (tertiary/aromatic N) is 1. The molecule has 2 saturated carbocycles. The van der Waals surface area contributed by atoms with Crippen molar-refractivity contribution >= 4 is 33.3 Å². The second-order valence-corrected chi connectivity index (χ2v) is 9.47. The second kappa shape index (κ2) is 7.65. The fourth-order valence-electron chi connectivity index (χ4n) is 4.88. The Bertz CT molecular complexity index is 1090. The monoisotopic (exact) mass is 422 g/mol. The van der Waals surface area contributed by atoms with Crippen molar-refractivity contribution in [3.63, 3.8) is 0 Å². The largest absolute Gasteiger partial charge is 0.459 e. The van der Waals surface area contributed by atoms with Crippen LogP contribution in [0.2, 0.25) is 0 Å². The minimum Gasteiger partial charge on any atom is -0.459 e. The SMILES string of the molecule is CC(=O)C1=C(C)NC(C2CC2)=C(C(=O)OC2CCCC2)C1c1csc2ncccc12. The number of rotatable bonds is 5. The molecule has 30 heavy (non-hydrogen) atoms. The zero-order valence-corrected chi connectivity index (χ0v) is 18.2. The van der Waals surface area contributed by atoms with Crippen molar-refractivity contribution in [2.24, 2.45) is 5.92 Å². The number of esters is 1. The van der Waals surface area contributed by atoms with Crippen molar-refractivity contribution in [1.29, 1.82) is 0 Å². The first-order chi connectivity index (χ1) is 14.5. The predicted octanol–water partition coefficient (Wildman–Crippen LogP) is 5.00. The fourth-order valence-corrected chi connectivity index (χ4v) is 5.82. The number of thiophene rings is 1. The number of Topliss-reactive ketones (excluding diaryl/α,β-unsaturated/α-hetero) is 1. The number of ketones is 1. The molecule has 2 fully saturated rings. The van der Waals surface area contributed by atoms with Gasteiger partial charge in [-0.15, -0.1) is 11.3 Å². The van der Waals surface area contributed by atoms with Crippen LogP contribution in [0.25, 0.3) is 10.2 Å². The number of hydrogen-bond donors (Lipinski definition) is 1. The third kappa shape index (κ3) is 3.37. The van der Waals surface area contributed by atoms with Gasteiger partial charge in [0.2, 0.25) is 0 Å². The highest BCUT2D eigenvalue weighted by atomic mass is 32.1. The van der Waals surface area contributed by atoms with E-state index in [0.717, 1.165) is 65.7 Å². The molecule has 5 rings (SSSR count). The molecular weight excluding hydrogens is 396 g/mol. The Morgan fingerprint density at radius 2 is 1.93 bits per heavy atom. The number of carbonyl (C=O) groups excluding carboxylic acids is 2. The Morgan fingerprint density at radius 3 is 2.63 bits per heavy atom. The van der Waals surface area contributed by atoms with Gasteiger partial charge in [0, 0.05) is 34.5 Å². The molecular formula is C24H26N2O3S. The Balaban J connectivity index is 1.67. The maximum atomic E-state index is 13.5. The van der Waals surface area contributed by atoms with Gasteiger partial charge in [-0.3, -0.25) is 4.79 Å². The van der Waals surface area contributed by atoms with E-state index in [9.17, 15) is 9.59 Å². The molecule has 1 atom stereocenters. The zero-order valence-electron chi connectivity index (χ0n) is 17.4. The van der Waals surface area contributed by atoms with Crippen molar-refractivity contribution in [2.75, 3.05) is 0 Å². The van der Waals surface area contributed by atoms with Crippen molar-refractivity contribution in [3.05, 3.63) is 51.8 Å². The third-order valence-electron chi connectivity index (χ3n) is 6.45. The highest BCUT2D eigenvalue weighted by Gasteiger charge is 2.43. The maximum Gasteiger partial charge on any atom is 0.337 e. The molecule has 156 valence electrons. The van der Waals surface area contributed by atoms with E-state index < -0.39 is 5.92 Å². The standard InChI is InChI=1S/C24H26N2O3S/c1-13-19(14(2)27)20(18-12-30-23-17(18)8-5-11-25-23)21(22(26-13)15-9-10-15)24(28)29-16-6-3-4-7-16/h5,8,11-12,15-16,20,26H,3-4,6-7,9-10H2,1-2H3. The summed E-state index contributed by atoms with van der Waals surface area (Å²) in [5, 5.41) is 6.49. The number of allylic oxidation sites excluding steroid dienone is 3. The van der Waals surface area contributed by atoms with Crippen LogP contribution < -0.4 is 5.32 Å². The Hall–Kier alpha value is -2.47. The molecule has 0 amide bonds. The van der Waals surface area contributed by atoms with Crippen molar-refractivity contribution in [2.45, 2.75) is 64.4 Å². The Kier molecular flexibility index (Phi) is 4.97. The smallest absolute Gasteiger partial charge is 0.337 e. The van der Waals surface area contributed by atoms with Crippen LogP contribution in [0.1, 0.15) is 63.9 Å². The van der Waals surface area contributed by atoms with Crippen LogP contribution in [0.5, 0.6) is 0 Å². The average molecular weight is 423 g/mol. The molecule has 0 aromatic carbocycles. The van der Waals surface area contributed by atoms with E-state index >= 15 is 0 Å². The van der Waals surface area contributed by atoms with Gasteiger partial charge in [0.25, 0.3) is 0 Å². The van der Waals surface area contributed by atoms with Gasteiger partial charge in [-0.25, -0.2) is 9.78 Å². The molecule has 1 unspecified atom stereocenters. The molecule has 0 radical (unpaired) electrons. The molecule has 1 aliphatic heterocycles. The number of nitrogens with one attached hydrogen (secondary N) is 1. The van der Waals surface area contributed by atoms with Gasteiger partial charge >= 0.3 is 5.97 Å². The lowest BCUT2D eigenvalue weighted by molar-refractivity contribution is -0.144. The first-order valence-electron chi connectivity index (χ1n) is 10.8. The van der Waals surface area contributed by atoms with Crippen molar-refractivity contribution in [1.82, 2.24) is 10.3 Å². The van der Waals surface area contributed by atoms with Crippen LogP contribution in [-0.2, 0) is 14.3 Å². The van der Waals surface area contributed by atoms with Crippen LogP contribution in [0.4, 0.5) is 0 Å². The first kappa shape index (κ1) is 19.5. The molecule has 0 spiro atoms. The van der Waals surface area contributed by atoms with E-state index in [0.29, 0.717) is 17.1 Å². The number of hydrogen-bond acceptors (Lipinski definition) is 6. The van der Waals surface area contributed by atoms with Crippen molar-refractivity contribution < 1.29 is 14.3 Å². The quantitative estimate of drug-likeness (QED) is 0.687. The van der Waals surface area contributed by atoms with Gasteiger partial charge in [-0.05, 0) is 75.3 Å². The molecule has 0 bridgehead atoms. The fraction of sp³-hybridized carbons (Fsp3) is 0.458. The summed E-state index contributed by atoms with van der Waals surface area (Å²) in [4.78, 5) is 31.7. The molecule has 3 heterocycles. The number of fused-ring (bicyclic) bond motifs is 1. The second-order valence-electron chi connectivity index (χ2n) is 8.61. The number of ether oxygens (including phenoxy) is 1. The molecule has 1 N–H and O–H groups in total. The van der Waals surface area contributed by atoms with E-state index in [1.165, 1.54) is 0 Å². The number of aromatic nitrogens is 1. The summed E-state index contributed by atoms with van der Waals surface area (Å²) in [6.07, 6.45) is 7.94. The van der Waals surface area contributed by atoms with Gasteiger partial charge in [0.1, 0.15) is 10.9 Å². The lowest BCUT2D eigenvalue weighted by Gasteiger charge is -2.32. The van der Waals surface area contributed by atoms with Crippen LogP contribution in [0.3, 0.4) is 0 Å². The normalized spacial score (nSPS) is 22.5. The van der Waals surface area contributed by atoms with E-state index in [4.69, 9.17) is 4.74 Å². The van der Waals surface area contributed by atoms with E-state index in [1.54, 1.807) is 24.5 Å². The van der Waals surface area contributed by atoms with Gasteiger partial charge < -0.3 is 10.1 Å². The first-order valence-corrected chi connectivity index (χ1v) is 11.7. The van der Waals surface area contributed by atoms with Crippen LogP contribution >= 0.6 is 11.3 Å². The maximum absolute atomic E-state index is 13.5. The van der Waals surface area contributed by atoms with E-state index in [1.807, 2.05) is 19.1 Å². The topological polar surface area (TPSA) is 68.3 Å². The minimum atomic E-state index is -0.411. The highest BCUT2D eigenvalue weighted by Crippen LogP contribution is 2.48. The van der Waals surface area contributed by atoms with Gasteiger partial charge in [0.15, 0.2) is 5.78 Å². The van der Waals surface area contributed by atoms with E-state index in [-0.39, 0.29) is 17.9 Å².